The largest absolute Gasteiger partial charge is 0.301 e. The van der Waals surface area contributed by atoms with Crippen LogP contribution in [0.3, 0.4) is 0 Å². The van der Waals surface area contributed by atoms with Crippen molar-refractivity contribution < 1.29 is 8.42 Å². The van der Waals surface area contributed by atoms with Crippen LogP contribution in [0.25, 0.3) is 0 Å². The van der Waals surface area contributed by atoms with Gasteiger partial charge in [0.25, 0.3) is 0 Å². The number of sulfonamides is 1. The Kier molecular flexibility index (Phi) is 11.1. The predicted octanol–water partition coefficient (Wildman–Crippen LogP) is 3.21. The van der Waals surface area contributed by atoms with Gasteiger partial charge in [0.1, 0.15) is 0 Å². The zero-order valence-corrected chi connectivity index (χ0v) is 15.6. The van der Waals surface area contributed by atoms with Crippen molar-refractivity contribution in [3.05, 3.63) is 35.9 Å². The second-order valence-corrected chi connectivity index (χ2v) is 6.54. The average Bonchev–Trinajstić information content (AvgIpc) is 2.59. The fourth-order valence-corrected chi connectivity index (χ4v) is 3.72. The Morgan fingerprint density at radius 1 is 0.909 bits per heavy atom. The second kappa shape index (κ2) is 11.6. The number of likely N-dealkylation sites (N-methyl/N-ethyl adjacent to an activating group) is 1. The Morgan fingerprint density at radius 2 is 1.41 bits per heavy atom. The van der Waals surface area contributed by atoms with Crippen LogP contribution in [0.5, 0.6) is 0 Å². The van der Waals surface area contributed by atoms with Crippen LogP contribution in [0.1, 0.15) is 40.2 Å². The summed E-state index contributed by atoms with van der Waals surface area (Å²) >= 11 is 0. The van der Waals surface area contributed by atoms with Gasteiger partial charge in [0.15, 0.2) is 0 Å². The Labute approximate surface area is 137 Å². The molecule has 1 aromatic rings. The molecular weight excluding hydrogens is 296 g/mol. The molecule has 0 aliphatic carbocycles. The summed E-state index contributed by atoms with van der Waals surface area (Å²) in [4.78, 5) is 2.27. The lowest BCUT2D eigenvalue weighted by atomic mass is 10.2. The van der Waals surface area contributed by atoms with E-state index in [4.69, 9.17) is 0 Å². The molecule has 1 aromatic carbocycles. The molecule has 0 aromatic heterocycles. The van der Waals surface area contributed by atoms with Gasteiger partial charge in [-0.3, -0.25) is 0 Å². The first-order valence-electron chi connectivity index (χ1n) is 8.36. The minimum atomic E-state index is -3.16. The molecule has 5 heteroatoms. The van der Waals surface area contributed by atoms with E-state index in [0.717, 1.165) is 25.2 Å². The van der Waals surface area contributed by atoms with Crippen molar-refractivity contribution >= 4 is 10.0 Å². The molecule has 22 heavy (non-hydrogen) atoms. The molecule has 1 heterocycles. The monoisotopic (exact) mass is 328 g/mol. The number of benzene rings is 1. The molecule has 0 saturated carbocycles. The van der Waals surface area contributed by atoms with Gasteiger partial charge in [-0.05, 0) is 12.1 Å². The van der Waals surface area contributed by atoms with Crippen LogP contribution in [-0.4, -0.2) is 50.3 Å². The van der Waals surface area contributed by atoms with Crippen LogP contribution in [0.15, 0.2) is 30.3 Å². The molecule has 1 saturated heterocycles. The molecule has 0 radical (unpaired) electrons. The lowest BCUT2D eigenvalue weighted by Crippen LogP contribution is -2.48. The van der Waals surface area contributed by atoms with E-state index in [2.05, 4.69) is 11.8 Å². The molecule has 1 aliphatic heterocycles. The van der Waals surface area contributed by atoms with Crippen molar-refractivity contribution in [2.45, 2.75) is 40.4 Å². The normalized spacial score (nSPS) is 16.0. The quantitative estimate of drug-likeness (QED) is 0.852. The number of nitrogens with zero attached hydrogens (tertiary/aromatic N) is 2. The highest BCUT2D eigenvalue weighted by atomic mass is 32.2. The van der Waals surface area contributed by atoms with E-state index < -0.39 is 10.0 Å². The van der Waals surface area contributed by atoms with Crippen LogP contribution in [0, 0.1) is 0 Å². The van der Waals surface area contributed by atoms with Gasteiger partial charge in [-0.25, -0.2) is 8.42 Å². The average molecular weight is 329 g/mol. The molecule has 128 valence electrons. The molecule has 2 rings (SSSR count). The maximum Gasteiger partial charge on any atom is 0.218 e. The van der Waals surface area contributed by atoms with Crippen LogP contribution in [-0.2, 0) is 15.8 Å². The molecule has 0 bridgehead atoms. The number of hydrogen-bond acceptors (Lipinski definition) is 3. The van der Waals surface area contributed by atoms with Gasteiger partial charge >= 0.3 is 0 Å². The second-order valence-electron chi connectivity index (χ2n) is 4.58. The third-order valence-corrected chi connectivity index (χ3v) is 5.21. The fourth-order valence-electron chi connectivity index (χ4n) is 2.20. The third-order valence-electron chi connectivity index (χ3n) is 3.36. The lowest BCUT2D eigenvalue weighted by molar-refractivity contribution is 0.196. The molecule has 0 amide bonds. The van der Waals surface area contributed by atoms with Crippen LogP contribution >= 0.6 is 0 Å². The number of rotatable bonds is 4. The van der Waals surface area contributed by atoms with Gasteiger partial charge in [0, 0.05) is 26.2 Å². The first-order valence-corrected chi connectivity index (χ1v) is 9.97. The van der Waals surface area contributed by atoms with Crippen LogP contribution < -0.4 is 0 Å². The van der Waals surface area contributed by atoms with Crippen molar-refractivity contribution in [1.29, 1.82) is 0 Å². The summed E-state index contributed by atoms with van der Waals surface area (Å²) < 4.78 is 26.1. The summed E-state index contributed by atoms with van der Waals surface area (Å²) in [6.45, 7) is 14.0. The molecule has 4 nitrogen and oxygen atoms in total. The van der Waals surface area contributed by atoms with Gasteiger partial charge in [0.2, 0.25) is 10.0 Å². The first kappa shape index (κ1) is 21.1. The summed E-state index contributed by atoms with van der Waals surface area (Å²) in [5.74, 6) is 0.111. The van der Waals surface area contributed by atoms with E-state index >= 15 is 0 Å². The smallest absolute Gasteiger partial charge is 0.218 e. The van der Waals surface area contributed by atoms with Gasteiger partial charge in [-0.1, -0.05) is 65.0 Å². The van der Waals surface area contributed by atoms with E-state index in [1.54, 1.807) is 4.31 Å². The van der Waals surface area contributed by atoms with E-state index in [1.807, 2.05) is 58.0 Å². The van der Waals surface area contributed by atoms with Gasteiger partial charge in [-0.15, -0.1) is 0 Å². The summed E-state index contributed by atoms with van der Waals surface area (Å²) in [5, 5.41) is 0. The molecular formula is C17H32N2O2S. The summed E-state index contributed by atoms with van der Waals surface area (Å²) in [5.41, 5.74) is 0.857. The van der Waals surface area contributed by atoms with E-state index in [-0.39, 0.29) is 5.75 Å². The van der Waals surface area contributed by atoms with Crippen molar-refractivity contribution in [2.75, 3.05) is 32.7 Å². The third kappa shape index (κ3) is 6.90. The number of piperazine rings is 1. The fraction of sp³-hybridized carbons (Fsp3) is 0.647. The Balaban J connectivity index is 0.00000102. The van der Waals surface area contributed by atoms with Crippen LogP contribution in [0.4, 0.5) is 0 Å². The van der Waals surface area contributed by atoms with Crippen molar-refractivity contribution in [3.63, 3.8) is 0 Å². The Bertz CT molecular complexity index is 467. The molecule has 1 aliphatic rings. The van der Waals surface area contributed by atoms with Crippen molar-refractivity contribution in [2.24, 2.45) is 0 Å². The summed E-state index contributed by atoms with van der Waals surface area (Å²) in [6, 6.07) is 9.37. The SMILES string of the molecule is CC.CC.CCN1CCN(S(=O)(=O)Cc2ccccc2)CC1. The Hall–Kier alpha value is -0.910. The standard InChI is InChI=1S/C13H20N2O2S.2C2H6/c1-2-14-8-10-15(11-9-14)18(16,17)12-13-6-4-3-5-7-13;2*1-2/h3-7H,2,8-12H2,1H3;2*1-2H3. The zero-order valence-electron chi connectivity index (χ0n) is 14.7. The first-order chi connectivity index (χ1) is 10.6. The Morgan fingerprint density at radius 3 is 1.86 bits per heavy atom. The zero-order chi connectivity index (χ0) is 17.0. The maximum absolute atomic E-state index is 12.3. The maximum atomic E-state index is 12.3. The minimum Gasteiger partial charge on any atom is -0.301 e. The molecule has 1 fully saturated rings. The number of hydrogen-bond donors (Lipinski definition) is 0. The summed E-state index contributed by atoms with van der Waals surface area (Å²) in [6.07, 6.45) is 0. The van der Waals surface area contributed by atoms with Crippen LogP contribution in [0.2, 0.25) is 0 Å². The highest BCUT2D eigenvalue weighted by Crippen LogP contribution is 2.13. The lowest BCUT2D eigenvalue weighted by Gasteiger charge is -2.33. The molecule has 0 spiro atoms. The van der Waals surface area contributed by atoms with E-state index in [9.17, 15) is 8.42 Å². The van der Waals surface area contributed by atoms with Crippen molar-refractivity contribution in [3.8, 4) is 0 Å². The predicted molar refractivity (Wildman–Crippen MR) is 95.4 cm³/mol. The minimum absolute atomic E-state index is 0.111. The van der Waals surface area contributed by atoms with Gasteiger partial charge < -0.3 is 4.90 Å². The molecule has 0 N–H and O–H groups in total. The highest BCUT2D eigenvalue weighted by molar-refractivity contribution is 7.88. The van der Waals surface area contributed by atoms with Gasteiger partial charge in [-0.2, -0.15) is 4.31 Å². The van der Waals surface area contributed by atoms with Crippen molar-refractivity contribution in [1.82, 2.24) is 9.21 Å². The molecule has 0 atom stereocenters. The summed E-state index contributed by atoms with van der Waals surface area (Å²) in [7, 11) is -3.16. The van der Waals surface area contributed by atoms with E-state index in [0.29, 0.717) is 13.1 Å². The molecule has 0 unspecified atom stereocenters. The topological polar surface area (TPSA) is 40.6 Å². The van der Waals surface area contributed by atoms with Gasteiger partial charge in [0.05, 0.1) is 5.75 Å². The van der Waals surface area contributed by atoms with E-state index in [1.165, 1.54) is 0 Å². The highest BCUT2D eigenvalue weighted by Gasteiger charge is 2.26.